The van der Waals surface area contributed by atoms with Crippen molar-refractivity contribution in [2.45, 2.75) is 58.5 Å². The third kappa shape index (κ3) is 5.07. The standard InChI is InChI=1S/C16H24BrNO/c1-4-13(14-10-15(17)12-18-11-14)8-7-9-16(19,5-2)6-3/h8,10-12,19H,4-7,9H2,1-3H3. The minimum absolute atomic E-state index is 0.509. The smallest absolute Gasteiger partial charge is 0.0645 e. The summed E-state index contributed by atoms with van der Waals surface area (Å²) in [6.07, 6.45) is 10.3. The SMILES string of the molecule is CCC(=CCCC(O)(CC)CC)c1cncc(Br)c1. The summed E-state index contributed by atoms with van der Waals surface area (Å²) in [5, 5.41) is 10.3. The van der Waals surface area contributed by atoms with E-state index in [4.69, 9.17) is 0 Å². The summed E-state index contributed by atoms with van der Waals surface area (Å²) in [5.41, 5.74) is 1.95. The first kappa shape index (κ1) is 16.4. The van der Waals surface area contributed by atoms with E-state index in [1.54, 1.807) is 6.20 Å². The molecule has 1 N–H and O–H groups in total. The van der Waals surface area contributed by atoms with E-state index in [9.17, 15) is 5.11 Å². The average molecular weight is 326 g/mol. The fraction of sp³-hybridized carbons (Fsp3) is 0.562. The van der Waals surface area contributed by atoms with Crippen LogP contribution in [0.15, 0.2) is 29.0 Å². The van der Waals surface area contributed by atoms with Crippen LogP contribution in [0.4, 0.5) is 0 Å². The molecule has 0 fully saturated rings. The molecule has 1 aromatic rings. The lowest BCUT2D eigenvalue weighted by Gasteiger charge is -2.24. The van der Waals surface area contributed by atoms with Crippen molar-refractivity contribution in [1.29, 1.82) is 0 Å². The van der Waals surface area contributed by atoms with E-state index in [0.29, 0.717) is 0 Å². The third-order valence-corrected chi connectivity index (χ3v) is 4.21. The highest BCUT2D eigenvalue weighted by atomic mass is 79.9. The molecule has 1 aromatic heterocycles. The van der Waals surface area contributed by atoms with E-state index >= 15 is 0 Å². The number of halogens is 1. The van der Waals surface area contributed by atoms with Gasteiger partial charge in [-0.3, -0.25) is 4.98 Å². The molecule has 3 heteroatoms. The largest absolute Gasteiger partial charge is 0.390 e. The molecule has 0 amide bonds. The predicted octanol–water partition coefficient (Wildman–Crippen LogP) is 4.97. The van der Waals surface area contributed by atoms with E-state index < -0.39 is 5.60 Å². The van der Waals surface area contributed by atoms with Crippen molar-refractivity contribution in [2.75, 3.05) is 0 Å². The van der Waals surface area contributed by atoms with Crippen LogP contribution in [0.2, 0.25) is 0 Å². The Hall–Kier alpha value is -0.670. The first-order chi connectivity index (χ1) is 9.04. The molecule has 0 spiro atoms. The second kappa shape index (κ2) is 7.81. The summed E-state index contributed by atoms with van der Waals surface area (Å²) in [6.45, 7) is 6.25. The Morgan fingerprint density at radius 3 is 2.53 bits per heavy atom. The number of hydrogen-bond acceptors (Lipinski definition) is 2. The topological polar surface area (TPSA) is 33.1 Å². The highest BCUT2D eigenvalue weighted by Gasteiger charge is 2.20. The summed E-state index contributed by atoms with van der Waals surface area (Å²) in [7, 11) is 0. The van der Waals surface area contributed by atoms with Crippen molar-refractivity contribution in [2.24, 2.45) is 0 Å². The van der Waals surface area contributed by atoms with Crippen molar-refractivity contribution in [3.05, 3.63) is 34.6 Å². The van der Waals surface area contributed by atoms with Gasteiger partial charge in [0.2, 0.25) is 0 Å². The van der Waals surface area contributed by atoms with Gasteiger partial charge < -0.3 is 5.11 Å². The van der Waals surface area contributed by atoms with Crippen molar-refractivity contribution in [3.63, 3.8) is 0 Å². The van der Waals surface area contributed by atoms with Crippen molar-refractivity contribution in [1.82, 2.24) is 4.98 Å². The van der Waals surface area contributed by atoms with Gasteiger partial charge in [0, 0.05) is 16.9 Å². The molecular weight excluding hydrogens is 302 g/mol. The molecule has 0 aliphatic heterocycles. The van der Waals surface area contributed by atoms with Crippen LogP contribution < -0.4 is 0 Å². The molecule has 0 aliphatic carbocycles. The summed E-state index contributed by atoms with van der Waals surface area (Å²) in [5.74, 6) is 0. The maximum Gasteiger partial charge on any atom is 0.0645 e. The second-order valence-electron chi connectivity index (χ2n) is 4.94. The maximum atomic E-state index is 10.3. The van der Waals surface area contributed by atoms with Gasteiger partial charge in [-0.1, -0.05) is 26.8 Å². The molecule has 0 unspecified atom stereocenters. The number of allylic oxidation sites excluding steroid dienone is 2. The number of pyridine rings is 1. The monoisotopic (exact) mass is 325 g/mol. The van der Waals surface area contributed by atoms with Crippen molar-refractivity contribution < 1.29 is 5.11 Å². The van der Waals surface area contributed by atoms with Crippen LogP contribution in [0.3, 0.4) is 0 Å². The molecule has 0 bridgehead atoms. The minimum Gasteiger partial charge on any atom is -0.390 e. The lowest BCUT2D eigenvalue weighted by atomic mass is 9.91. The summed E-state index contributed by atoms with van der Waals surface area (Å²) >= 11 is 3.45. The zero-order valence-corrected chi connectivity index (χ0v) is 13.7. The fourth-order valence-corrected chi connectivity index (χ4v) is 2.54. The number of aliphatic hydroxyl groups is 1. The van der Waals surface area contributed by atoms with Crippen LogP contribution >= 0.6 is 15.9 Å². The maximum absolute atomic E-state index is 10.3. The molecule has 1 rings (SSSR count). The quantitative estimate of drug-likeness (QED) is 0.767. The predicted molar refractivity (Wildman–Crippen MR) is 85.0 cm³/mol. The van der Waals surface area contributed by atoms with Crippen LogP contribution in [0.1, 0.15) is 58.4 Å². The van der Waals surface area contributed by atoms with Gasteiger partial charge in [0.1, 0.15) is 0 Å². The van der Waals surface area contributed by atoms with Gasteiger partial charge in [0.25, 0.3) is 0 Å². The summed E-state index contributed by atoms with van der Waals surface area (Å²) in [6, 6.07) is 2.09. The van der Waals surface area contributed by atoms with E-state index in [1.165, 1.54) is 5.57 Å². The lowest BCUT2D eigenvalue weighted by molar-refractivity contribution is 0.0246. The van der Waals surface area contributed by atoms with Crippen LogP contribution in [0.5, 0.6) is 0 Å². The molecule has 19 heavy (non-hydrogen) atoms. The number of rotatable bonds is 7. The molecular formula is C16H24BrNO. The van der Waals surface area contributed by atoms with E-state index in [-0.39, 0.29) is 0 Å². The lowest BCUT2D eigenvalue weighted by Crippen LogP contribution is -2.25. The Labute approximate surface area is 125 Å². The van der Waals surface area contributed by atoms with Gasteiger partial charge in [0.15, 0.2) is 0 Å². The second-order valence-corrected chi connectivity index (χ2v) is 5.86. The molecule has 0 aliphatic rings. The van der Waals surface area contributed by atoms with Gasteiger partial charge in [-0.25, -0.2) is 0 Å². The summed E-state index contributed by atoms with van der Waals surface area (Å²) in [4.78, 5) is 4.21. The fourth-order valence-electron chi connectivity index (χ4n) is 2.17. The van der Waals surface area contributed by atoms with Crippen LogP contribution in [0, 0.1) is 0 Å². The van der Waals surface area contributed by atoms with Gasteiger partial charge in [-0.05, 0) is 65.2 Å². The number of nitrogens with zero attached hydrogens (tertiary/aromatic N) is 1. The first-order valence-electron chi connectivity index (χ1n) is 7.07. The third-order valence-electron chi connectivity index (χ3n) is 3.77. The molecule has 0 saturated carbocycles. The molecule has 0 radical (unpaired) electrons. The molecule has 106 valence electrons. The zero-order chi connectivity index (χ0) is 14.3. The molecule has 2 nitrogen and oxygen atoms in total. The Morgan fingerprint density at radius 1 is 1.32 bits per heavy atom. The number of hydrogen-bond donors (Lipinski definition) is 1. The van der Waals surface area contributed by atoms with Gasteiger partial charge >= 0.3 is 0 Å². The van der Waals surface area contributed by atoms with Crippen LogP contribution in [-0.4, -0.2) is 15.7 Å². The highest BCUT2D eigenvalue weighted by Crippen LogP contribution is 2.25. The Bertz CT molecular complexity index is 425. The Morgan fingerprint density at radius 2 is 2.00 bits per heavy atom. The van der Waals surface area contributed by atoms with E-state index in [2.05, 4.69) is 40.0 Å². The minimum atomic E-state index is -0.509. The Balaban J connectivity index is 2.73. The van der Waals surface area contributed by atoms with Gasteiger partial charge in [0.05, 0.1) is 5.60 Å². The normalized spacial score (nSPS) is 12.8. The molecule has 0 saturated heterocycles. The molecule has 0 atom stereocenters. The number of aromatic nitrogens is 1. The van der Waals surface area contributed by atoms with E-state index in [1.807, 2.05) is 20.0 Å². The van der Waals surface area contributed by atoms with Crippen LogP contribution in [0.25, 0.3) is 5.57 Å². The van der Waals surface area contributed by atoms with Gasteiger partial charge in [-0.15, -0.1) is 0 Å². The van der Waals surface area contributed by atoms with Crippen LogP contribution in [-0.2, 0) is 0 Å². The molecule has 1 heterocycles. The van der Waals surface area contributed by atoms with Gasteiger partial charge in [-0.2, -0.15) is 0 Å². The average Bonchev–Trinajstić information content (AvgIpc) is 2.43. The van der Waals surface area contributed by atoms with Crippen molar-refractivity contribution in [3.8, 4) is 0 Å². The van der Waals surface area contributed by atoms with E-state index in [0.717, 1.165) is 42.1 Å². The molecule has 0 aromatic carbocycles. The highest BCUT2D eigenvalue weighted by molar-refractivity contribution is 9.10. The zero-order valence-electron chi connectivity index (χ0n) is 12.1. The first-order valence-corrected chi connectivity index (χ1v) is 7.86. The summed E-state index contributed by atoms with van der Waals surface area (Å²) < 4.78 is 1.00. The Kier molecular flexibility index (Phi) is 6.73. The van der Waals surface area contributed by atoms with Crippen molar-refractivity contribution >= 4 is 21.5 Å².